The lowest BCUT2D eigenvalue weighted by molar-refractivity contribution is 0.669. The van der Waals surface area contributed by atoms with Crippen LogP contribution in [0.15, 0.2) is 186 Å². The highest BCUT2D eigenvalue weighted by molar-refractivity contribution is 6.22. The van der Waals surface area contributed by atoms with E-state index in [1.165, 1.54) is 0 Å². The Labute approximate surface area is 325 Å². The molecule has 0 saturated carbocycles. The van der Waals surface area contributed by atoms with Crippen molar-refractivity contribution in [1.82, 2.24) is 0 Å². The lowest BCUT2D eigenvalue weighted by Crippen LogP contribution is -1.91. The predicted molar refractivity (Wildman–Crippen MR) is 208 cm³/mol. The Hall–Kier alpha value is -6.44. The zero-order valence-corrected chi connectivity index (χ0v) is 24.5. The minimum atomic E-state index is -1.01. The Morgan fingerprint density at radius 1 is 0.306 bits per heavy atom. The highest BCUT2D eigenvalue weighted by Crippen LogP contribution is 2.45. The molecule has 10 rings (SSSR count). The van der Waals surface area contributed by atoms with Gasteiger partial charge in [-0.1, -0.05) is 151 Å². The van der Waals surface area contributed by atoms with Crippen LogP contribution in [0.3, 0.4) is 0 Å². The van der Waals surface area contributed by atoms with Crippen LogP contribution in [0.5, 0.6) is 0 Å². The largest absolute Gasteiger partial charge is 0.456 e. The molecule has 1 heterocycles. The maximum atomic E-state index is 9.88. The highest BCUT2D eigenvalue weighted by atomic mass is 16.3. The van der Waals surface area contributed by atoms with E-state index in [2.05, 4.69) is 0 Å². The van der Waals surface area contributed by atoms with Gasteiger partial charge in [0.05, 0.1) is 39.8 Å². The van der Waals surface area contributed by atoms with E-state index in [0.717, 1.165) is 6.07 Å². The average Bonchev–Trinajstić information content (AvgIpc) is 3.87. The molecule has 0 amide bonds. The molecule has 0 spiro atoms. The van der Waals surface area contributed by atoms with Gasteiger partial charge >= 0.3 is 0 Å². The molecule has 228 valence electrons. The SMILES string of the molecule is [2H]c1cc(-c2c([2H])c([2H])c3c([2H])c([2H])c([2H])c([2H])c3c2[2H])c([2H])c([2H])c1-c1c2c([2H])c([2H])c([2H])c([2H])c2c(-c2c([2H])c([2H])c3oc4c([2H])c([2H])c(-c5c([2H])c([2H])c([2H])c([2H])c5[2H])c([2H])c4c3c2[2H])c2c([2H])c([2H])c([2H])c([2H])c12. The van der Waals surface area contributed by atoms with Crippen molar-refractivity contribution >= 4 is 54.3 Å². The van der Waals surface area contributed by atoms with Crippen molar-refractivity contribution in [3.8, 4) is 44.5 Å². The molecule has 0 radical (unpaired) electrons. The maximum absolute atomic E-state index is 9.88. The Kier molecular flexibility index (Phi) is 2.56. The highest BCUT2D eigenvalue weighted by Gasteiger charge is 2.18. The van der Waals surface area contributed by atoms with Crippen molar-refractivity contribution in [2.75, 3.05) is 0 Å². The van der Waals surface area contributed by atoms with Crippen LogP contribution in [0.25, 0.3) is 98.8 Å². The monoisotopic (exact) mass is 651 g/mol. The zero-order chi connectivity index (χ0) is 57.5. The summed E-state index contributed by atoms with van der Waals surface area (Å²) in [6.07, 6.45) is 0. The molecule has 0 unspecified atom stereocenters. The van der Waals surface area contributed by atoms with Crippen LogP contribution in [0.2, 0.25) is 0 Å². The van der Waals surface area contributed by atoms with Gasteiger partial charge in [0.25, 0.3) is 0 Å². The lowest BCUT2D eigenvalue weighted by atomic mass is 9.85. The second-order valence-electron chi connectivity index (χ2n) is 10.6. The standard InChI is InChI=1S/C48H30O/c1-2-10-31(11-3-1)37-24-26-45-43(29-37)44-30-38(25-27-46(44)49-45)48-41-16-8-6-14-39(41)47(40-15-7-9-17-42(40)48)34-21-18-33(19-22-34)36-23-20-32-12-4-5-13-35(32)28-36/h1-30H/i1D,2D,3D,4D,5D,6D,7D,8D,9D,10D,11D,12D,13D,14D,15D,16D,17D,18D,20D,21D,22D,23D,24D,25D,26D,27D,28D,29D,30D. The summed E-state index contributed by atoms with van der Waals surface area (Å²) in [6, 6.07) is -24.9. The number of hydrogen-bond acceptors (Lipinski definition) is 1. The first kappa shape index (κ1) is 11.3. The summed E-state index contributed by atoms with van der Waals surface area (Å²) in [5, 5.41) is -5.01. The molecular weight excluding hydrogens is 593 g/mol. The molecular formula is C48H30O. The van der Waals surface area contributed by atoms with Gasteiger partial charge in [0, 0.05) is 10.8 Å². The van der Waals surface area contributed by atoms with Gasteiger partial charge in [-0.25, -0.2) is 0 Å². The fraction of sp³-hybridized carbons (Fsp3) is 0. The molecule has 0 atom stereocenters. The number of hydrogen-bond donors (Lipinski definition) is 0. The van der Waals surface area contributed by atoms with Crippen molar-refractivity contribution in [2.24, 2.45) is 0 Å². The van der Waals surface area contributed by atoms with Crippen LogP contribution >= 0.6 is 0 Å². The normalized spacial score (nSPS) is 20.0. The second kappa shape index (κ2) is 11.1. The summed E-state index contributed by atoms with van der Waals surface area (Å²) in [6.45, 7) is 0. The van der Waals surface area contributed by atoms with E-state index in [-0.39, 0.29) is 0 Å². The molecule has 1 aromatic heterocycles. The first-order valence-electron chi connectivity index (χ1n) is 29.0. The second-order valence-corrected chi connectivity index (χ2v) is 10.6. The number of rotatable bonds is 4. The third-order valence-electron chi connectivity index (χ3n) is 7.84. The van der Waals surface area contributed by atoms with Gasteiger partial charge in [-0.2, -0.15) is 0 Å². The van der Waals surface area contributed by atoms with E-state index in [1.54, 1.807) is 0 Å². The van der Waals surface area contributed by atoms with Gasteiger partial charge in [0.15, 0.2) is 0 Å². The summed E-state index contributed by atoms with van der Waals surface area (Å²) < 4.78 is 266. The van der Waals surface area contributed by atoms with E-state index in [1.807, 2.05) is 0 Å². The van der Waals surface area contributed by atoms with Crippen LogP contribution in [-0.2, 0) is 0 Å². The average molecular weight is 652 g/mol. The Morgan fingerprint density at radius 2 is 0.796 bits per heavy atom. The van der Waals surface area contributed by atoms with Gasteiger partial charge in [0.2, 0.25) is 0 Å². The Morgan fingerprint density at radius 3 is 1.49 bits per heavy atom. The quantitative estimate of drug-likeness (QED) is 0.173. The summed E-state index contributed by atoms with van der Waals surface area (Å²) in [5.41, 5.74) is -6.76. The van der Waals surface area contributed by atoms with Crippen LogP contribution < -0.4 is 0 Å². The number of fused-ring (bicyclic) bond motifs is 6. The minimum absolute atomic E-state index is 0.493. The van der Waals surface area contributed by atoms with E-state index < -0.39 is 274 Å². The van der Waals surface area contributed by atoms with E-state index in [4.69, 9.17) is 29.1 Å². The van der Waals surface area contributed by atoms with Crippen molar-refractivity contribution < 1.29 is 44.2 Å². The van der Waals surface area contributed by atoms with Crippen molar-refractivity contribution in [3.63, 3.8) is 0 Å². The van der Waals surface area contributed by atoms with Crippen LogP contribution in [0, 0.1) is 0 Å². The van der Waals surface area contributed by atoms with E-state index >= 15 is 0 Å². The van der Waals surface area contributed by atoms with E-state index in [9.17, 15) is 15.1 Å². The first-order chi connectivity index (χ1) is 36.4. The molecule has 0 saturated heterocycles. The molecule has 9 aromatic carbocycles. The Balaban J connectivity index is 1.41. The topological polar surface area (TPSA) is 13.1 Å². The smallest absolute Gasteiger partial charge is 0.135 e. The minimum Gasteiger partial charge on any atom is -0.456 e. The van der Waals surface area contributed by atoms with E-state index in [0.29, 0.717) is 0 Å². The van der Waals surface area contributed by atoms with Gasteiger partial charge in [-0.15, -0.1) is 0 Å². The molecule has 0 N–H and O–H groups in total. The third-order valence-corrected chi connectivity index (χ3v) is 7.84. The lowest BCUT2D eigenvalue weighted by Gasteiger charge is -2.18. The fourth-order valence-electron chi connectivity index (χ4n) is 5.68. The van der Waals surface area contributed by atoms with Crippen molar-refractivity contribution in [2.45, 2.75) is 0 Å². The molecule has 10 aromatic rings. The molecule has 1 nitrogen and oxygen atoms in total. The summed E-state index contributed by atoms with van der Waals surface area (Å²) in [4.78, 5) is 0. The van der Waals surface area contributed by atoms with Gasteiger partial charge in [-0.3, -0.25) is 0 Å². The molecule has 1 heteroatoms. The summed E-state index contributed by atoms with van der Waals surface area (Å²) >= 11 is 0. The van der Waals surface area contributed by atoms with Gasteiger partial charge in [0.1, 0.15) is 11.2 Å². The predicted octanol–water partition coefficient (Wildman–Crippen LogP) is 13.7. The third kappa shape index (κ3) is 4.55. The van der Waals surface area contributed by atoms with Crippen LogP contribution in [0.1, 0.15) is 39.8 Å². The van der Waals surface area contributed by atoms with Crippen LogP contribution in [0.4, 0.5) is 0 Å². The number of furan rings is 1. The fourth-order valence-corrected chi connectivity index (χ4v) is 5.68. The zero-order valence-electron chi connectivity index (χ0n) is 53.5. The van der Waals surface area contributed by atoms with Crippen molar-refractivity contribution in [3.05, 3.63) is 181 Å². The maximum Gasteiger partial charge on any atom is 0.135 e. The van der Waals surface area contributed by atoms with Gasteiger partial charge < -0.3 is 4.42 Å². The van der Waals surface area contributed by atoms with Crippen molar-refractivity contribution in [1.29, 1.82) is 0 Å². The number of benzene rings is 9. The summed E-state index contributed by atoms with van der Waals surface area (Å²) in [7, 11) is 0. The molecule has 0 bridgehead atoms. The Bertz CT molecular complexity index is 4430. The van der Waals surface area contributed by atoms with Crippen LogP contribution in [-0.4, -0.2) is 0 Å². The molecule has 0 aliphatic rings. The molecule has 0 fully saturated rings. The first-order valence-corrected chi connectivity index (χ1v) is 14.5. The summed E-state index contributed by atoms with van der Waals surface area (Å²) in [5.74, 6) is 0. The molecule has 49 heavy (non-hydrogen) atoms. The molecule has 0 aliphatic carbocycles. The molecule has 0 aliphatic heterocycles. The van der Waals surface area contributed by atoms with Gasteiger partial charge in [-0.05, 0) is 107 Å².